The van der Waals surface area contributed by atoms with Crippen LogP contribution in [0.3, 0.4) is 0 Å². The minimum absolute atomic E-state index is 0.0713. The van der Waals surface area contributed by atoms with E-state index in [1.807, 2.05) is 97.1 Å². The quantitative estimate of drug-likeness (QED) is 0.129. The second kappa shape index (κ2) is 15.2. The van der Waals surface area contributed by atoms with Crippen LogP contribution in [0.5, 0.6) is 11.5 Å². The van der Waals surface area contributed by atoms with Gasteiger partial charge in [-0.15, -0.1) is 0 Å². The Balaban J connectivity index is 1.44. The number of rotatable bonds is 15. The van der Waals surface area contributed by atoms with E-state index in [0.29, 0.717) is 43.4 Å². The second-order valence-corrected chi connectivity index (χ2v) is 10.7. The average molecular weight is 594 g/mol. The largest absolute Gasteiger partial charge is 0.497 e. The monoisotopic (exact) mass is 593 g/mol. The number of aliphatic hydroxyl groups is 1. The molecule has 0 aliphatic carbocycles. The number of amides is 1. The molecule has 0 unspecified atom stereocenters. The van der Waals surface area contributed by atoms with Crippen LogP contribution in [0.15, 0.2) is 114 Å². The molecule has 1 amide bonds. The van der Waals surface area contributed by atoms with Gasteiger partial charge in [0.2, 0.25) is 5.90 Å². The van der Waals surface area contributed by atoms with E-state index in [9.17, 15) is 4.79 Å². The van der Waals surface area contributed by atoms with E-state index in [4.69, 9.17) is 24.3 Å². The molecule has 0 aromatic heterocycles. The fraction of sp³-hybridized carbons (Fsp3) is 0.278. The van der Waals surface area contributed by atoms with E-state index in [1.54, 1.807) is 7.11 Å². The number of aryl methyl sites for hydroxylation is 1. The SMILES string of the molecule is COc1cccc([C@@H]2OC(c3ccc(OCCCO)cc3)=N[C@]2(Cc2ccccc2)C(=O)NNCCCc2ccccc2)c1. The van der Waals surface area contributed by atoms with Crippen LogP contribution in [0.25, 0.3) is 0 Å². The molecule has 4 aromatic carbocycles. The summed E-state index contributed by atoms with van der Waals surface area (Å²) in [5.74, 6) is 1.43. The first-order valence-electron chi connectivity index (χ1n) is 15.0. The van der Waals surface area contributed by atoms with Crippen molar-refractivity contribution in [2.45, 2.75) is 37.3 Å². The van der Waals surface area contributed by atoms with E-state index >= 15 is 0 Å². The van der Waals surface area contributed by atoms with E-state index < -0.39 is 11.6 Å². The molecule has 1 heterocycles. The zero-order valence-electron chi connectivity index (χ0n) is 24.9. The Morgan fingerprint density at radius 1 is 0.886 bits per heavy atom. The van der Waals surface area contributed by atoms with E-state index in [2.05, 4.69) is 23.0 Å². The van der Waals surface area contributed by atoms with Gasteiger partial charge in [-0.1, -0.05) is 72.8 Å². The lowest BCUT2D eigenvalue weighted by molar-refractivity contribution is -0.130. The predicted octanol–water partition coefficient (Wildman–Crippen LogP) is 5.21. The fourth-order valence-corrected chi connectivity index (χ4v) is 5.27. The molecule has 5 rings (SSSR count). The fourth-order valence-electron chi connectivity index (χ4n) is 5.27. The van der Waals surface area contributed by atoms with Gasteiger partial charge in [0.15, 0.2) is 11.6 Å². The maximum Gasteiger partial charge on any atom is 0.266 e. The molecule has 1 aliphatic heterocycles. The number of benzene rings is 4. The minimum Gasteiger partial charge on any atom is -0.497 e. The highest BCUT2D eigenvalue weighted by atomic mass is 16.5. The van der Waals surface area contributed by atoms with Gasteiger partial charge < -0.3 is 19.3 Å². The maximum atomic E-state index is 14.3. The Kier molecular flexibility index (Phi) is 10.6. The summed E-state index contributed by atoms with van der Waals surface area (Å²) in [6.07, 6.45) is 1.90. The zero-order valence-corrected chi connectivity index (χ0v) is 24.9. The van der Waals surface area contributed by atoms with Crippen LogP contribution in [0, 0.1) is 0 Å². The first-order chi connectivity index (χ1) is 21.6. The van der Waals surface area contributed by atoms with Crippen molar-refractivity contribution in [1.82, 2.24) is 10.9 Å². The minimum atomic E-state index is -1.31. The van der Waals surface area contributed by atoms with Gasteiger partial charge in [-0.25, -0.2) is 10.4 Å². The number of carbonyl (C=O) groups is 1. The lowest BCUT2D eigenvalue weighted by atomic mass is 9.82. The molecular formula is C36H39N3O5. The molecule has 3 N–H and O–H groups in total. The van der Waals surface area contributed by atoms with E-state index in [0.717, 1.165) is 29.5 Å². The van der Waals surface area contributed by atoms with Crippen LogP contribution < -0.4 is 20.3 Å². The smallest absolute Gasteiger partial charge is 0.266 e. The first-order valence-corrected chi connectivity index (χ1v) is 15.0. The number of aliphatic imine (C=N–C) groups is 1. The molecule has 8 heteroatoms. The number of carbonyl (C=O) groups excluding carboxylic acids is 1. The number of hydrogen-bond acceptors (Lipinski definition) is 7. The molecule has 0 radical (unpaired) electrons. The predicted molar refractivity (Wildman–Crippen MR) is 171 cm³/mol. The van der Waals surface area contributed by atoms with Crippen LogP contribution >= 0.6 is 0 Å². The summed E-state index contributed by atoms with van der Waals surface area (Å²) in [4.78, 5) is 19.4. The summed E-state index contributed by atoms with van der Waals surface area (Å²) in [7, 11) is 1.62. The summed E-state index contributed by atoms with van der Waals surface area (Å²) < 4.78 is 17.8. The number of nitrogens with one attached hydrogen (secondary N) is 2. The second-order valence-electron chi connectivity index (χ2n) is 10.7. The number of aliphatic hydroxyl groups excluding tert-OH is 1. The third-order valence-corrected chi connectivity index (χ3v) is 7.55. The molecule has 0 saturated heterocycles. The topological polar surface area (TPSA) is 101 Å². The van der Waals surface area contributed by atoms with Gasteiger partial charge >= 0.3 is 0 Å². The van der Waals surface area contributed by atoms with Gasteiger partial charge in [0.05, 0.1) is 13.7 Å². The number of hydrogen-bond donors (Lipinski definition) is 3. The molecule has 228 valence electrons. The highest BCUT2D eigenvalue weighted by molar-refractivity contribution is 6.01. The maximum absolute atomic E-state index is 14.3. The highest BCUT2D eigenvalue weighted by Gasteiger charge is 2.53. The normalized spacial score (nSPS) is 17.4. The van der Waals surface area contributed by atoms with Crippen molar-refractivity contribution in [2.75, 3.05) is 26.9 Å². The van der Waals surface area contributed by atoms with Gasteiger partial charge in [0, 0.05) is 31.6 Å². The van der Waals surface area contributed by atoms with Crippen molar-refractivity contribution in [2.24, 2.45) is 4.99 Å². The van der Waals surface area contributed by atoms with E-state index in [-0.39, 0.29) is 12.5 Å². The van der Waals surface area contributed by atoms with Gasteiger partial charge in [-0.2, -0.15) is 0 Å². The Bertz CT molecular complexity index is 1510. The molecule has 0 saturated carbocycles. The van der Waals surface area contributed by atoms with Crippen LogP contribution in [0.1, 0.15) is 41.2 Å². The summed E-state index contributed by atoms with van der Waals surface area (Å²) in [5.41, 5.74) is 8.51. The van der Waals surface area contributed by atoms with Gasteiger partial charge in [-0.3, -0.25) is 10.2 Å². The molecule has 44 heavy (non-hydrogen) atoms. The molecule has 2 atom stereocenters. The van der Waals surface area contributed by atoms with Crippen molar-refractivity contribution < 1.29 is 24.1 Å². The van der Waals surface area contributed by atoms with Crippen molar-refractivity contribution in [3.05, 3.63) is 131 Å². The van der Waals surface area contributed by atoms with Crippen LogP contribution in [0.2, 0.25) is 0 Å². The van der Waals surface area contributed by atoms with Gasteiger partial charge in [-0.05, 0) is 65.9 Å². The molecule has 8 nitrogen and oxygen atoms in total. The molecule has 1 aliphatic rings. The molecule has 4 aromatic rings. The third-order valence-electron chi connectivity index (χ3n) is 7.55. The number of hydrazine groups is 1. The molecule has 0 spiro atoms. The summed E-state index contributed by atoms with van der Waals surface area (Å²) in [5, 5.41) is 9.05. The van der Waals surface area contributed by atoms with Crippen LogP contribution in [-0.4, -0.2) is 49.3 Å². The molecule has 0 fully saturated rings. The standard InChI is InChI=1S/C36H39N3O5/c1-42-32-17-8-16-30(25-32)33-36(26-28-13-6-3-7-14-28,35(41)39-37-22-9-15-27-11-4-2-5-12-27)38-34(44-33)29-18-20-31(21-19-29)43-24-10-23-40/h2-8,11-14,16-21,25,33,37,40H,9-10,15,22-24,26H2,1H3,(H,39,41)/t33-,36-/m0/s1. The Morgan fingerprint density at radius 2 is 1.61 bits per heavy atom. The average Bonchev–Trinajstić information content (AvgIpc) is 3.46. The van der Waals surface area contributed by atoms with Crippen LogP contribution in [-0.2, 0) is 22.4 Å². The molecular weight excluding hydrogens is 554 g/mol. The lowest BCUT2D eigenvalue weighted by Crippen LogP contribution is -2.54. The van der Waals surface area contributed by atoms with Crippen molar-refractivity contribution in [3.8, 4) is 11.5 Å². The van der Waals surface area contributed by atoms with Gasteiger partial charge in [0.1, 0.15) is 11.5 Å². The lowest BCUT2D eigenvalue weighted by Gasteiger charge is -2.31. The Hall–Kier alpha value is -4.66. The third kappa shape index (κ3) is 7.64. The number of nitrogens with zero attached hydrogens (tertiary/aromatic N) is 1. The number of ether oxygens (including phenoxy) is 3. The van der Waals surface area contributed by atoms with Crippen molar-refractivity contribution in [3.63, 3.8) is 0 Å². The van der Waals surface area contributed by atoms with Gasteiger partial charge in [0.25, 0.3) is 5.91 Å². The zero-order chi connectivity index (χ0) is 30.6. The number of methoxy groups -OCH3 is 1. The van der Waals surface area contributed by atoms with Crippen LogP contribution in [0.4, 0.5) is 0 Å². The summed E-state index contributed by atoms with van der Waals surface area (Å²) in [6, 6.07) is 35.1. The van der Waals surface area contributed by atoms with E-state index in [1.165, 1.54) is 5.56 Å². The Morgan fingerprint density at radius 3 is 2.32 bits per heavy atom. The highest BCUT2D eigenvalue weighted by Crippen LogP contribution is 2.43. The molecule has 0 bridgehead atoms. The Labute approximate surface area is 258 Å². The van der Waals surface area contributed by atoms with Crippen molar-refractivity contribution in [1.29, 1.82) is 0 Å². The summed E-state index contributed by atoms with van der Waals surface area (Å²) in [6.45, 7) is 1.09. The first kappa shape index (κ1) is 30.8. The van der Waals surface area contributed by atoms with Crippen molar-refractivity contribution >= 4 is 11.8 Å². The summed E-state index contributed by atoms with van der Waals surface area (Å²) >= 11 is 0.